The molecule has 0 spiro atoms. The summed E-state index contributed by atoms with van der Waals surface area (Å²) in [6, 6.07) is 4.97. The second kappa shape index (κ2) is 10.5. The molecule has 2 unspecified atom stereocenters. The standard InChI is InChI=1S/C19H29FN4O2.ClH/c1-3-4-16(17(25)24-10-9-19(2,12-21)13-24)23-18(26)22-11-14-5-7-15(20)8-6-14;/h5-8,16H,3-4,9-13,21H2,1-2H3,(H2,22,23,26);1H. The van der Waals surface area contributed by atoms with Crippen LogP contribution in [-0.4, -0.2) is 42.5 Å². The maximum absolute atomic E-state index is 12.9. The van der Waals surface area contributed by atoms with Gasteiger partial charge in [-0.15, -0.1) is 12.4 Å². The zero-order valence-electron chi connectivity index (χ0n) is 16.0. The fourth-order valence-electron chi connectivity index (χ4n) is 3.14. The van der Waals surface area contributed by atoms with Gasteiger partial charge >= 0.3 is 6.03 Å². The molecule has 0 bridgehead atoms. The number of halogens is 2. The summed E-state index contributed by atoms with van der Waals surface area (Å²) in [5.41, 5.74) is 6.55. The Bertz CT molecular complexity index is 629. The van der Waals surface area contributed by atoms with E-state index in [1.165, 1.54) is 12.1 Å². The van der Waals surface area contributed by atoms with Crippen LogP contribution < -0.4 is 16.4 Å². The van der Waals surface area contributed by atoms with Crippen LogP contribution in [0.3, 0.4) is 0 Å². The lowest BCUT2D eigenvalue weighted by atomic mass is 9.90. The van der Waals surface area contributed by atoms with Crippen LogP contribution in [-0.2, 0) is 11.3 Å². The zero-order chi connectivity index (χ0) is 19.2. The van der Waals surface area contributed by atoms with Gasteiger partial charge in [-0.05, 0) is 42.5 Å². The third-order valence-corrected chi connectivity index (χ3v) is 4.91. The predicted molar refractivity (Wildman–Crippen MR) is 106 cm³/mol. The number of nitrogens with two attached hydrogens (primary N) is 1. The molecule has 0 aromatic heterocycles. The molecule has 0 radical (unpaired) electrons. The number of nitrogens with one attached hydrogen (secondary N) is 2. The van der Waals surface area contributed by atoms with Gasteiger partial charge in [-0.25, -0.2) is 9.18 Å². The Kier molecular flexibility index (Phi) is 8.99. The minimum atomic E-state index is -0.548. The van der Waals surface area contributed by atoms with Crippen LogP contribution in [0.25, 0.3) is 0 Å². The van der Waals surface area contributed by atoms with Crippen LogP contribution in [0.1, 0.15) is 38.7 Å². The average Bonchev–Trinajstić information content (AvgIpc) is 3.03. The zero-order valence-corrected chi connectivity index (χ0v) is 16.8. The topological polar surface area (TPSA) is 87.5 Å². The van der Waals surface area contributed by atoms with Crippen LogP contribution >= 0.6 is 12.4 Å². The first-order valence-corrected chi connectivity index (χ1v) is 9.14. The van der Waals surface area contributed by atoms with Crippen molar-refractivity contribution in [1.82, 2.24) is 15.5 Å². The van der Waals surface area contributed by atoms with Crippen molar-refractivity contribution in [2.75, 3.05) is 19.6 Å². The fourth-order valence-corrected chi connectivity index (χ4v) is 3.14. The molecule has 1 aliphatic rings. The molecule has 2 atom stereocenters. The SMILES string of the molecule is CCCC(NC(=O)NCc1ccc(F)cc1)C(=O)N1CCC(C)(CN)C1.Cl. The van der Waals surface area contributed by atoms with Crippen LogP contribution in [0, 0.1) is 11.2 Å². The van der Waals surface area contributed by atoms with Gasteiger partial charge < -0.3 is 21.3 Å². The molecule has 3 amide bonds. The van der Waals surface area contributed by atoms with E-state index in [1.54, 1.807) is 17.0 Å². The summed E-state index contributed by atoms with van der Waals surface area (Å²) in [6.07, 6.45) is 2.25. The predicted octanol–water partition coefficient (Wildman–Crippen LogP) is 2.41. The molecule has 152 valence electrons. The summed E-state index contributed by atoms with van der Waals surface area (Å²) >= 11 is 0. The molecule has 2 rings (SSSR count). The Labute approximate surface area is 166 Å². The quantitative estimate of drug-likeness (QED) is 0.656. The highest BCUT2D eigenvalue weighted by Crippen LogP contribution is 2.29. The molecule has 1 aromatic rings. The Balaban J connectivity index is 0.00000364. The number of hydrogen-bond acceptors (Lipinski definition) is 3. The summed E-state index contributed by atoms with van der Waals surface area (Å²) in [7, 11) is 0. The Morgan fingerprint density at radius 3 is 2.56 bits per heavy atom. The van der Waals surface area contributed by atoms with E-state index in [9.17, 15) is 14.0 Å². The second-order valence-corrected chi connectivity index (χ2v) is 7.32. The highest BCUT2D eigenvalue weighted by atomic mass is 35.5. The highest BCUT2D eigenvalue weighted by Gasteiger charge is 2.37. The molecule has 1 fully saturated rings. The first kappa shape index (κ1) is 23.2. The molecule has 8 heteroatoms. The van der Waals surface area contributed by atoms with Crippen molar-refractivity contribution >= 4 is 24.3 Å². The number of amides is 3. The molecule has 1 aromatic carbocycles. The van der Waals surface area contributed by atoms with E-state index >= 15 is 0 Å². The third-order valence-electron chi connectivity index (χ3n) is 4.91. The van der Waals surface area contributed by atoms with E-state index in [2.05, 4.69) is 17.6 Å². The Hall–Kier alpha value is -1.86. The minimum absolute atomic E-state index is 0. The van der Waals surface area contributed by atoms with Crippen molar-refractivity contribution in [3.63, 3.8) is 0 Å². The number of urea groups is 1. The summed E-state index contributed by atoms with van der Waals surface area (Å²) in [4.78, 5) is 26.8. The lowest BCUT2D eigenvalue weighted by molar-refractivity contribution is -0.132. The van der Waals surface area contributed by atoms with E-state index in [-0.39, 0.29) is 36.1 Å². The van der Waals surface area contributed by atoms with Crippen LogP contribution in [0.2, 0.25) is 0 Å². The van der Waals surface area contributed by atoms with Crippen LogP contribution in [0.4, 0.5) is 9.18 Å². The van der Waals surface area contributed by atoms with Crippen LogP contribution in [0.15, 0.2) is 24.3 Å². The van der Waals surface area contributed by atoms with Gasteiger partial charge in [-0.3, -0.25) is 4.79 Å². The molecule has 0 saturated carbocycles. The van der Waals surface area contributed by atoms with Gasteiger partial charge in [-0.1, -0.05) is 32.4 Å². The molecule has 6 nitrogen and oxygen atoms in total. The van der Waals surface area contributed by atoms with Gasteiger partial charge in [0, 0.05) is 19.6 Å². The van der Waals surface area contributed by atoms with Gasteiger partial charge in [0.15, 0.2) is 0 Å². The van der Waals surface area contributed by atoms with Crippen molar-refractivity contribution < 1.29 is 14.0 Å². The van der Waals surface area contributed by atoms with Crippen molar-refractivity contribution in [1.29, 1.82) is 0 Å². The molecule has 1 heterocycles. The number of carbonyl (C=O) groups excluding carboxylic acids is 2. The van der Waals surface area contributed by atoms with Crippen LogP contribution in [0.5, 0.6) is 0 Å². The lowest BCUT2D eigenvalue weighted by Crippen LogP contribution is -2.51. The van der Waals surface area contributed by atoms with Crippen molar-refractivity contribution in [3.8, 4) is 0 Å². The monoisotopic (exact) mass is 400 g/mol. The maximum Gasteiger partial charge on any atom is 0.315 e. The van der Waals surface area contributed by atoms with E-state index in [0.717, 1.165) is 18.4 Å². The number of rotatable bonds is 7. The summed E-state index contributed by atoms with van der Waals surface area (Å²) in [6.45, 7) is 6.17. The molecule has 1 saturated heterocycles. The summed E-state index contributed by atoms with van der Waals surface area (Å²) in [5.74, 6) is -0.372. The van der Waals surface area contributed by atoms with Crippen molar-refractivity contribution in [2.24, 2.45) is 11.1 Å². The molecule has 4 N–H and O–H groups in total. The van der Waals surface area contributed by atoms with E-state index < -0.39 is 12.1 Å². The minimum Gasteiger partial charge on any atom is -0.340 e. The number of nitrogens with zero attached hydrogens (tertiary/aromatic N) is 1. The molecule has 0 aliphatic carbocycles. The number of likely N-dealkylation sites (tertiary alicyclic amines) is 1. The van der Waals surface area contributed by atoms with Gasteiger partial charge in [0.1, 0.15) is 11.9 Å². The average molecular weight is 401 g/mol. The molecule has 1 aliphatic heterocycles. The van der Waals surface area contributed by atoms with E-state index in [4.69, 9.17) is 5.73 Å². The molecular formula is C19H30ClFN4O2. The summed E-state index contributed by atoms with van der Waals surface area (Å²) < 4.78 is 12.9. The second-order valence-electron chi connectivity index (χ2n) is 7.32. The largest absolute Gasteiger partial charge is 0.340 e. The van der Waals surface area contributed by atoms with Gasteiger partial charge in [0.25, 0.3) is 0 Å². The first-order valence-electron chi connectivity index (χ1n) is 9.14. The smallest absolute Gasteiger partial charge is 0.315 e. The number of hydrogen-bond donors (Lipinski definition) is 3. The van der Waals surface area contributed by atoms with Crippen molar-refractivity contribution in [3.05, 3.63) is 35.6 Å². The third kappa shape index (κ3) is 6.66. The van der Waals surface area contributed by atoms with Gasteiger partial charge in [-0.2, -0.15) is 0 Å². The maximum atomic E-state index is 12.9. The number of benzene rings is 1. The first-order chi connectivity index (χ1) is 12.4. The lowest BCUT2D eigenvalue weighted by Gasteiger charge is -2.26. The normalized spacial score (nSPS) is 19.9. The Morgan fingerprint density at radius 2 is 2.00 bits per heavy atom. The number of carbonyl (C=O) groups is 2. The Morgan fingerprint density at radius 1 is 1.33 bits per heavy atom. The summed E-state index contributed by atoms with van der Waals surface area (Å²) in [5, 5.41) is 5.49. The van der Waals surface area contributed by atoms with Gasteiger partial charge in [0.2, 0.25) is 5.91 Å². The van der Waals surface area contributed by atoms with E-state index in [0.29, 0.717) is 26.1 Å². The highest BCUT2D eigenvalue weighted by molar-refractivity contribution is 5.87. The van der Waals surface area contributed by atoms with Gasteiger partial charge in [0.05, 0.1) is 0 Å². The van der Waals surface area contributed by atoms with Crippen molar-refractivity contribution in [2.45, 2.75) is 45.7 Å². The molecule has 27 heavy (non-hydrogen) atoms. The molecular weight excluding hydrogens is 371 g/mol. The fraction of sp³-hybridized carbons (Fsp3) is 0.579. The van der Waals surface area contributed by atoms with E-state index in [1.807, 2.05) is 6.92 Å².